The first-order valence-corrected chi connectivity index (χ1v) is 10.3. The molecule has 0 aromatic carbocycles. The molecule has 0 aliphatic carbocycles. The number of fused-ring (bicyclic) bond motifs is 1. The molecule has 6 nitrogen and oxygen atoms in total. The van der Waals surface area contributed by atoms with Gasteiger partial charge in [0, 0.05) is 44.6 Å². The monoisotopic (exact) mass is 372 g/mol. The maximum atomic E-state index is 12.7. The van der Waals surface area contributed by atoms with Crippen LogP contribution >= 0.6 is 0 Å². The Morgan fingerprint density at radius 1 is 1.48 bits per heavy atom. The van der Waals surface area contributed by atoms with Crippen LogP contribution in [0, 0.1) is 18.8 Å². The third-order valence-electron chi connectivity index (χ3n) is 6.54. The maximum absolute atomic E-state index is 12.7. The van der Waals surface area contributed by atoms with Crippen molar-refractivity contribution in [2.75, 3.05) is 26.2 Å². The van der Waals surface area contributed by atoms with Gasteiger partial charge in [-0.2, -0.15) is 5.10 Å². The number of aromatic nitrogens is 2. The van der Waals surface area contributed by atoms with Crippen molar-refractivity contribution in [3.8, 4) is 0 Å². The number of allylic oxidation sites excluding steroid dienone is 1. The molecule has 6 heteroatoms. The van der Waals surface area contributed by atoms with Crippen LogP contribution in [-0.2, 0) is 11.3 Å². The number of hydrogen-bond acceptors (Lipinski definition) is 4. The molecule has 1 aromatic heterocycles. The van der Waals surface area contributed by atoms with Crippen molar-refractivity contribution in [2.24, 2.45) is 11.8 Å². The lowest BCUT2D eigenvalue weighted by Gasteiger charge is -2.29. The Kier molecular flexibility index (Phi) is 4.89. The molecule has 0 radical (unpaired) electrons. The minimum atomic E-state index is -0.0198. The van der Waals surface area contributed by atoms with Gasteiger partial charge in [-0.1, -0.05) is 11.6 Å². The van der Waals surface area contributed by atoms with E-state index in [0.717, 1.165) is 31.7 Å². The number of nitrogens with zero attached hydrogens (tertiary/aromatic N) is 3. The van der Waals surface area contributed by atoms with Crippen molar-refractivity contribution in [2.45, 2.75) is 58.8 Å². The van der Waals surface area contributed by atoms with Crippen LogP contribution in [0.1, 0.15) is 49.8 Å². The van der Waals surface area contributed by atoms with Gasteiger partial charge in [0.15, 0.2) is 0 Å². The molecule has 148 valence electrons. The van der Waals surface area contributed by atoms with E-state index >= 15 is 0 Å². The SMILES string of the molecule is CCn1nc(C)cc1C(=O)NC[C@H]1[C@H]2CN(CC=C(C)C)C[C@]23CC[C@H]1O3. The van der Waals surface area contributed by atoms with Gasteiger partial charge in [-0.25, -0.2) is 0 Å². The van der Waals surface area contributed by atoms with Gasteiger partial charge < -0.3 is 10.1 Å². The van der Waals surface area contributed by atoms with E-state index in [1.165, 1.54) is 12.0 Å². The van der Waals surface area contributed by atoms with Crippen molar-refractivity contribution >= 4 is 5.91 Å². The Bertz CT molecular complexity index is 751. The number of rotatable bonds is 6. The zero-order valence-corrected chi connectivity index (χ0v) is 17.0. The predicted octanol–water partition coefficient (Wildman–Crippen LogP) is 2.39. The van der Waals surface area contributed by atoms with Gasteiger partial charge in [0.2, 0.25) is 0 Å². The molecule has 1 aromatic rings. The molecule has 3 aliphatic rings. The molecule has 0 unspecified atom stereocenters. The lowest BCUT2D eigenvalue weighted by molar-refractivity contribution is 0.00363. The van der Waals surface area contributed by atoms with E-state index in [0.29, 0.717) is 36.7 Å². The van der Waals surface area contributed by atoms with Crippen LogP contribution in [-0.4, -0.2) is 58.5 Å². The van der Waals surface area contributed by atoms with Crippen molar-refractivity contribution in [1.82, 2.24) is 20.0 Å². The molecule has 27 heavy (non-hydrogen) atoms. The largest absolute Gasteiger partial charge is 0.370 e. The fraction of sp³-hybridized carbons (Fsp3) is 0.714. The summed E-state index contributed by atoms with van der Waals surface area (Å²) in [6, 6.07) is 1.87. The van der Waals surface area contributed by atoms with Crippen LogP contribution in [0.3, 0.4) is 0 Å². The summed E-state index contributed by atoms with van der Waals surface area (Å²) in [5, 5.41) is 7.56. The van der Waals surface area contributed by atoms with Gasteiger partial charge in [0.25, 0.3) is 5.91 Å². The summed E-state index contributed by atoms with van der Waals surface area (Å²) in [4.78, 5) is 15.2. The Hall–Kier alpha value is -1.66. The molecule has 3 aliphatic heterocycles. The lowest BCUT2D eigenvalue weighted by atomic mass is 9.73. The summed E-state index contributed by atoms with van der Waals surface area (Å²) in [7, 11) is 0. The molecule has 3 fully saturated rings. The second-order valence-electron chi connectivity index (χ2n) is 8.70. The van der Waals surface area contributed by atoms with Crippen LogP contribution in [0.4, 0.5) is 0 Å². The molecule has 0 saturated carbocycles. The van der Waals surface area contributed by atoms with Crippen LogP contribution in [0.25, 0.3) is 0 Å². The second kappa shape index (κ2) is 7.06. The Morgan fingerprint density at radius 3 is 3.04 bits per heavy atom. The summed E-state index contributed by atoms with van der Waals surface area (Å²) >= 11 is 0. The van der Waals surface area contributed by atoms with E-state index in [-0.39, 0.29) is 11.5 Å². The highest BCUT2D eigenvalue weighted by Crippen LogP contribution is 2.54. The van der Waals surface area contributed by atoms with Crippen LogP contribution in [0.15, 0.2) is 17.7 Å². The van der Waals surface area contributed by atoms with Crippen LogP contribution in [0.5, 0.6) is 0 Å². The highest BCUT2D eigenvalue weighted by atomic mass is 16.5. The van der Waals surface area contributed by atoms with E-state index in [4.69, 9.17) is 4.74 Å². The van der Waals surface area contributed by atoms with E-state index in [1.54, 1.807) is 4.68 Å². The fourth-order valence-electron chi connectivity index (χ4n) is 5.28. The third-order valence-corrected chi connectivity index (χ3v) is 6.54. The van der Waals surface area contributed by atoms with Crippen molar-refractivity contribution in [1.29, 1.82) is 0 Å². The van der Waals surface area contributed by atoms with Crippen molar-refractivity contribution < 1.29 is 9.53 Å². The molecule has 3 saturated heterocycles. The molecular weight excluding hydrogens is 340 g/mol. The predicted molar refractivity (Wildman–Crippen MR) is 105 cm³/mol. The van der Waals surface area contributed by atoms with Gasteiger partial charge in [0.05, 0.1) is 17.4 Å². The van der Waals surface area contributed by atoms with Crippen LogP contribution in [0.2, 0.25) is 0 Å². The number of amides is 1. The first kappa shape index (κ1) is 18.7. The van der Waals surface area contributed by atoms with Gasteiger partial charge in [-0.15, -0.1) is 0 Å². The van der Waals surface area contributed by atoms with Gasteiger partial charge >= 0.3 is 0 Å². The highest BCUT2D eigenvalue weighted by Gasteiger charge is 2.62. The van der Waals surface area contributed by atoms with E-state index in [1.807, 2.05) is 19.9 Å². The minimum absolute atomic E-state index is 0.0198. The average molecular weight is 373 g/mol. The molecule has 1 amide bonds. The van der Waals surface area contributed by atoms with Gasteiger partial charge in [0.1, 0.15) is 5.69 Å². The van der Waals surface area contributed by atoms with Crippen molar-refractivity contribution in [3.05, 3.63) is 29.1 Å². The Labute approximate surface area is 161 Å². The number of carbonyl (C=O) groups is 1. The number of carbonyl (C=O) groups excluding carboxylic acids is 1. The molecule has 1 spiro atoms. The van der Waals surface area contributed by atoms with Gasteiger partial charge in [-0.3, -0.25) is 14.4 Å². The zero-order chi connectivity index (χ0) is 19.2. The molecule has 4 rings (SSSR count). The first-order chi connectivity index (χ1) is 12.9. The standard InChI is InChI=1S/C21H32N4O2/c1-5-25-18(10-15(4)23-25)20(26)22-11-16-17-12-24(9-7-14(2)3)13-21(17)8-6-19(16)27-21/h7,10,16-17,19H,5-6,8-9,11-13H2,1-4H3,(H,22,26)/t16-,17+,19+,21+/m0/s1. The number of nitrogens with one attached hydrogen (secondary N) is 1. The molecule has 4 atom stereocenters. The normalized spacial score (nSPS) is 31.9. The van der Waals surface area contributed by atoms with E-state index in [9.17, 15) is 4.79 Å². The zero-order valence-electron chi connectivity index (χ0n) is 17.0. The first-order valence-electron chi connectivity index (χ1n) is 10.3. The van der Waals surface area contributed by atoms with E-state index < -0.39 is 0 Å². The Morgan fingerprint density at radius 2 is 2.30 bits per heavy atom. The number of hydrogen-bond donors (Lipinski definition) is 1. The summed E-state index contributed by atoms with van der Waals surface area (Å²) in [5.74, 6) is 0.923. The number of aryl methyl sites for hydroxylation is 2. The lowest BCUT2D eigenvalue weighted by Crippen LogP contribution is -2.42. The molecule has 2 bridgehead atoms. The molecular formula is C21H32N4O2. The quantitative estimate of drug-likeness (QED) is 0.779. The van der Waals surface area contributed by atoms with Crippen LogP contribution < -0.4 is 5.32 Å². The second-order valence-corrected chi connectivity index (χ2v) is 8.70. The fourth-order valence-corrected chi connectivity index (χ4v) is 5.28. The molecule has 4 heterocycles. The Balaban J connectivity index is 1.41. The van der Waals surface area contributed by atoms with Crippen molar-refractivity contribution in [3.63, 3.8) is 0 Å². The minimum Gasteiger partial charge on any atom is -0.370 e. The maximum Gasteiger partial charge on any atom is 0.269 e. The van der Waals surface area contributed by atoms with E-state index in [2.05, 4.69) is 35.2 Å². The molecule has 1 N–H and O–H groups in total. The summed E-state index contributed by atoms with van der Waals surface area (Å²) in [5.41, 5.74) is 2.93. The summed E-state index contributed by atoms with van der Waals surface area (Å²) in [6.45, 7) is 12.7. The summed E-state index contributed by atoms with van der Waals surface area (Å²) in [6.07, 6.45) is 4.90. The summed E-state index contributed by atoms with van der Waals surface area (Å²) < 4.78 is 8.27. The number of likely N-dealkylation sites (tertiary alicyclic amines) is 1. The third kappa shape index (κ3) is 3.34. The van der Waals surface area contributed by atoms with Gasteiger partial charge in [-0.05, 0) is 46.6 Å². The average Bonchev–Trinajstić information content (AvgIpc) is 3.36. The smallest absolute Gasteiger partial charge is 0.269 e. The topological polar surface area (TPSA) is 59.4 Å². The number of ether oxygens (including phenoxy) is 1. The highest BCUT2D eigenvalue weighted by molar-refractivity contribution is 5.92.